The van der Waals surface area contributed by atoms with E-state index in [4.69, 9.17) is 10.5 Å². The molecule has 1 aromatic carbocycles. The van der Waals surface area contributed by atoms with Crippen molar-refractivity contribution in [2.45, 2.75) is 18.2 Å². The van der Waals surface area contributed by atoms with Crippen LogP contribution in [0.2, 0.25) is 0 Å². The number of urea groups is 1. The molecule has 1 rings (SSSR count). The summed E-state index contributed by atoms with van der Waals surface area (Å²) in [5.41, 5.74) is 4.76. The van der Waals surface area contributed by atoms with Crippen molar-refractivity contribution in [3.8, 4) is 5.75 Å². The molecule has 0 fully saturated rings. The van der Waals surface area contributed by atoms with Crippen molar-refractivity contribution in [3.63, 3.8) is 0 Å². The number of hydrogen-bond acceptors (Lipinski definition) is 4. The average molecular weight is 258 g/mol. The minimum Gasteiger partial charge on any atom is -0.494 e. The number of primary amides is 1. The Labute approximate surface area is 99.8 Å². The van der Waals surface area contributed by atoms with Gasteiger partial charge in [-0.1, -0.05) is 6.92 Å². The lowest BCUT2D eigenvalue weighted by atomic mass is 10.3. The number of sulfonamides is 1. The van der Waals surface area contributed by atoms with Crippen LogP contribution in [-0.4, -0.2) is 21.1 Å². The van der Waals surface area contributed by atoms with Gasteiger partial charge < -0.3 is 10.5 Å². The molecule has 94 valence electrons. The van der Waals surface area contributed by atoms with Gasteiger partial charge in [-0.25, -0.2) is 17.9 Å². The molecule has 3 N–H and O–H groups in total. The molecule has 0 unspecified atom stereocenters. The number of nitrogens with two attached hydrogens (primary N) is 1. The van der Waals surface area contributed by atoms with Gasteiger partial charge >= 0.3 is 6.03 Å². The number of nitrogens with one attached hydrogen (secondary N) is 1. The van der Waals surface area contributed by atoms with E-state index in [0.717, 1.165) is 6.42 Å². The summed E-state index contributed by atoms with van der Waals surface area (Å²) in [6, 6.07) is 4.61. The summed E-state index contributed by atoms with van der Waals surface area (Å²) in [4.78, 5) is 10.5. The number of amides is 2. The van der Waals surface area contributed by atoms with Crippen molar-refractivity contribution in [2.24, 2.45) is 5.73 Å². The third-order valence-corrected chi connectivity index (χ3v) is 3.20. The van der Waals surface area contributed by atoms with Crippen LogP contribution in [0.3, 0.4) is 0 Å². The van der Waals surface area contributed by atoms with Gasteiger partial charge in [0.2, 0.25) is 0 Å². The van der Waals surface area contributed by atoms with Crippen LogP contribution in [0.25, 0.3) is 0 Å². The number of hydrogen-bond donors (Lipinski definition) is 2. The maximum atomic E-state index is 11.5. The topological polar surface area (TPSA) is 98.5 Å². The molecule has 1 aromatic rings. The van der Waals surface area contributed by atoms with Crippen LogP contribution in [0, 0.1) is 0 Å². The van der Waals surface area contributed by atoms with Crippen molar-refractivity contribution in [1.82, 2.24) is 4.72 Å². The highest BCUT2D eigenvalue weighted by Crippen LogP contribution is 2.15. The van der Waals surface area contributed by atoms with Crippen LogP contribution in [0.4, 0.5) is 4.79 Å². The second kappa shape index (κ2) is 5.53. The smallest absolute Gasteiger partial charge is 0.326 e. The highest BCUT2D eigenvalue weighted by atomic mass is 32.2. The third kappa shape index (κ3) is 3.95. The maximum absolute atomic E-state index is 11.5. The Hall–Kier alpha value is -1.76. The molecule has 0 atom stereocenters. The summed E-state index contributed by atoms with van der Waals surface area (Å²) >= 11 is 0. The molecule has 0 saturated carbocycles. The fourth-order valence-corrected chi connectivity index (χ4v) is 2.00. The molecule has 7 heteroatoms. The first-order chi connectivity index (χ1) is 7.95. The van der Waals surface area contributed by atoms with E-state index in [2.05, 4.69) is 0 Å². The normalized spacial score (nSPS) is 10.9. The van der Waals surface area contributed by atoms with Crippen molar-refractivity contribution < 1.29 is 17.9 Å². The van der Waals surface area contributed by atoms with E-state index in [1.165, 1.54) is 24.3 Å². The van der Waals surface area contributed by atoms with Crippen LogP contribution < -0.4 is 15.2 Å². The zero-order valence-electron chi connectivity index (χ0n) is 9.34. The number of carbonyl (C=O) groups excluding carboxylic acids is 1. The van der Waals surface area contributed by atoms with Gasteiger partial charge in [-0.2, -0.15) is 0 Å². The van der Waals surface area contributed by atoms with E-state index in [-0.39, 0.29) is 4.90 Å². The lowest BCUT2D eigenvalue weighted by Crippen LogP contribution is -2.34. The molecule has 0 heterocycles. The van der Waals surface area contributed by atoms with E-state index < -0.39 is 16.1 Å². The van der Waals surface area contributed by atoms with Crippen molar-refractivity contribution in [1.29, 1.82) is 0 Å². The Morgan fingerprint density at radius 2 is 1.94 bits per heavy atom. The van der Waals surface area contributed by atoms with E-state index >= 15 is 0 Å². The number of benzene rings is 1. The van der Waals surface area contributed by atoms with Gasteiger partial charge in [0, 0.05) is 0 Å². The van der Waals surface area contributed by atoms with Gasteiger partial charge in [0.05, 0.1) is 11.5 Å². The lowest BCUT2D eigenvalue weighted by molar-refractivity contribution is 0.253. The summed E-state index contributed by atoms with van der Waals surface area (Å²) in [6.45, 7) is 2.53. The highest BCUT2D eigenvalue weighted by Gasteiger charge is 2.15. The van der Waals surface area contributed by atoms with Crippen molar-refractivity contribution in [3.05, 3.63) is 24.3 Å². The molecule has 0 radical (unpaired) electrons. The largest absolute Gasteiger partial charge is 0.494 e. The first kappa shape index (κ1) is 13.3. The molecule has 2 amide bonds. The predicted molar refractivity (Wildman–Crippen MR) is 62.1 cm³/mol. The van der Waals surface area contributed by atoms with Gasteiger partial charge in [0.15, 0.2) is 0 Å². The summed E-state index contributed by atoms with van der Waals surface area (Å²) in [6.07, 6.45) is 0.864. The van der Waals surface area contributed by atoms with Gasteiger partial charge in [-0.3, -0.25) is 0 Å². The van der Waals surface area contributed by atoms with Crippen LogP contribution in [0.5, 0.6) is 5.75 Å². The van der Waals surface area contributed by atoms with Gasteiger partial charge in [-0.15, -0.1) is 0 Å². The first-order valence-electron chi connectivity index (χ1n) is 5.01. The molecular weight excluding hydrogens is 244 g/mol. The summed E-state index contributed by atoms with van der Waals surface area (Å²) < 4.78 is 30.0. The fourth-order valence-electron chi connectivity index (χ4n) is 1.13. The fraction of sp³-hybridized carbons (Fsp3) is 0.300. The summed E-state index contributed by atoms with van der Waals surface area (Å²) in [7, 11) is -3.88. The molecule has 0 aromatic heterocycles. The Balaban J connectivity index is 2.83. The number of ether oxygens (including phenoxy) is 1. The molecule has 0 saturated heterocycles. The Kier molecular flexibility index (Phi) is 4.33. The number of carbonyl (C=O) groups is 1. The Morgan fingerprint density at radius 3 is 2.41 bits per heavy atom. The van der Waals surface area contributed by atoms with Crippen LogP contribution in [-0.2, 0) is 10.0 Å². The molecular formula is C10H14N2O4S. The number of rotatable bonds is 5. The van der Waals surface area contributed by atoms with E-state index in [9.17, 15) is 13.2 Å². The molecule has 0 aliphatic rings. The second-order valence-corrected chi connectivity index (χ2v) is 4.97. The maximum Gasteiger partial charge on any atom is 0.326 e. The van der Waals surface area contributed by atoms with Crippen molar-refractivity contribution >= 4 is 16.1 Å². The van der Waals surface area contributed by atoms with Gasteiger partial charge in [-0.05, 0) is 30.7 Å². The highest BCUT2D eigenvalue weighted by molar-refractivity contribution is 7.90. The summed E-state index contributed by atoms with van der Waals surface area (Å²) in [5.74, 6) is 0.574. The SMILES string of the molecule is CCCOc1ccc(S(=O)(=O)NC(N)=O)cc1. The van der Waals surface area contributed by atoms with E-state index in [0.29, 0.717) is 12.4 Å². The standard InChI is InChI=1S/C10H14N2O4S/c1-2-7-16-8-3-5-9(6-4-8)17(14,15)12-10(11)13/h3-6H,2,7H2,1H3,(H3,11,12,13). The van der Waals surface area contributed by atoms with E-state index in [1.807, 2.05) is 6.92 Å². The molecule has 0 bridgehead atoms. The van der Waals surface area contributed by atoms with Gasteiger partial charge in [0.25, 0.3) is 10.0 Å². The van der Waals surface area contributed by atoms with Crippen LogP contribution in [0.15, 0.2) is 29.2 Å². The predicted octanol–water partition coefficient (Wildman–Crippen LogP) is 0.832. The average Bonchev–Trinajstić information content (AvgIpc) is 2.25. The lowest BCUT2D eigenvalue weighted by Gasteiger charge is -2.06. The zero-order chi connectivity index (χ0) is 12.9. The van der Waals surface area contributed by atoms with Gasteiger partial charge in [0.1, 0.15) is 5.75 Å². The molecule has 0 aliphatic heterocycles. The molecule has 0 spiro atoms. The Morgan fingerprint density at radius 1 is 1.35 bits per heavy atom. The summed E-state index contributed by atoms with van der Waals surface area (Å²) in [5, 5.41) is 0. The molecule has 0 aliphatic carbocycles. The zero-order valence-corrected chi connectivity index (χ0v) is 10.2. The second-order valence-electron chi connectivity index (χ2n) is 3.29. The van der Waals surface area contributed by atoms with Crippen LogP contribution >= 0.6 is 0 Å². The Bertz CT molecular complexity index is 482. The minimum atomic E-state index is -3.88. The molecule has 6 nitrogen and oxygen atoms in total. The molecule has 17 heavy (non-hydrogen) atoms. The minimum absolute atomic E-state index is 0.0415. The monoisotopic (exact) mass is 258 g/mol. The van der Waals surface area contributed by atoms with Crippen molar-refractivity contribution in [2.75, 3.05) is 6.61 Å². The first-order valence-corrected chi connectivity index (χ1v) is 6.49. The van der Waals surface area contributed by atoms with E-state index in [1.54, 1.807) is 4.72 Å². The van der Waals surface area contributed by atoms with Crippen LogP contribution in [0.1, 0.15) is 13.3 Å². The third-order valence-electron chi connectivity index (χ3n) is 1.84. The quantitative estimate of drug-likeness (QED) is 0.817.